The number of para-hydroxylation sites is 1. The summed E-state index contributed by atoms with van der Waals surface area (Å²) in [6, 6.07) is 6.55. The van der Waals surface area contributed by atoms with Crippen molar-refractivity contribution in [1.82, 2.24) is 0 Å². The zero-order valence-corrected chi connectivity index (χ0v) is 9.23. The number of nitrogens with two attached hydrogens (primary N) is 1. The first-order valence-corrected chi connectivity index (χ1v) is 5.47. The largest absolute Gasteiger partial charge is 0.386 e. The highest BCUT2D eigenvalue weighted by Gasteiger charge is 2.08. The molecule has 0 heterocycles. The van der Waals surface area contributed by atoms with Crippen molar-refractivity contribution in [3.63, 3.8) is 0 Å². The minimum atomic E-state index is -2.47. The van der Waals surface area contributed by atoms with Crippen LogP contribution in [0, 0.1) is 0 Å². The van der Waals surface area contributed by atoms with E-state index in [4.69, 9.17) is 17.3 Å². The number of halogens is 3. The van der Waals surface area contributed by atoms with Gasteiger partial charge in [0, 0.05) is 4.90 Å². The van der Waals surface area contributed by atoms with Gasteiger partial charge in [-0.2, -0.15) is 8.78 Å². The molecule has 6 heteroatoms. The van der Waals surface area contributed by atoms with E-state index < -0.39 is 5.76 Å². The molecule has 0 saturated heterocycles. The van der Waals surface area contributed by atoms with Crippen molar-refractivity contribution >= 4 is 34.9 Å². The Labute approximate surface area is 95.5 Å². The predicted molar refractivity (Wildman–Crippen MR) is 60.3 cm³/mol. The van der Waals surface area contributed by atoms with Gasteiger partial charge in [0.1, 0.15) is 5.84 Å². The normalized spacial score (nSPS) is 12.1. The quantitative estimate of drug-likeness (QED) is 0.386. The molecule has 0 aliphatic carbocycles. The zero-order chi connectivity index (χ0) is 11.3. The van der Waals surface area contributed by atoms with Crippen LogP contribution in [0.2, 0.25) is 0 Å². The van der Waals surface area contributed by atoms with Crippen LogP contribution in [0.3, 0.4) is 0 Å². The molecule has 0 aliphatic rings. The van der Waals surface area contributed by atoms with Crippen LogP contribution in [0.1, 0.15) is 0 Å². The van der Waals surface area contributed by atoms with E-state index in [0.717, 1.165) is 0 Å². The highest BCUT2D eigenvalue weighted by Crippen LogP contribution is 2.33. The Morgan fingerprint density at radius 3 is 2.73 bits per heavy atom. The monoisotopic (exact) mass is 250 g/mol. The van der Waals surface area contributed by atoms with Gasteiger partial charge in [-0.1, -0.05) is 23.9 Å². The van der Waals surface area contributed by atoms with Crippen LogP contribution in [-0.4, -0.2) is 17.5 Å². The number of aliphatic imine (C=N–C) groups is 1. The maximum Gasteiger partial charge on any atom is 0.288 e. The Kier molecular flexibility index (Phi) is 4.84. The second-order valence-corrected chi connectivity index (χ2v) is 3.88. The Balaban J connectivity index is 2.96. The predicted octanol–water partition coefficient (Wildman–Crippen LogP) is 3.23. The summed E-state index contributed by atoms with van der Waals surface area (Å²) in [5.74, 6) is -2.19. The molecule has 1 rings (SSSR count). The van der Waals surface area contributed by atoms with E-state index in [2.05, 4.69) is 4.99 Å². The molecule has 82 valence electrons. The Bertz CT molecular complexity index is 358. The molecule has 0 unspecified atom stereocenters. The van der Waals surface area contributed by atoms with Crippen LogP contribution in [0.15, 0.2) is 34.2 Å². The van der Waals surface area contributed by atoms with Crippen LogP contribution in [0.25, 0.3) is 0 Å². The summed E-state index contributed by atoms with van der Waals surface area (Å²) in [5, 5.41) is 0. The van der Waals surface area contributed by atoms with Crippen LogP contribution in [0.5, 0.6) is 0 Å². The molecule has 0 aliphatic heterocycles. The van der Waals surface area contributed by atoms with Gasteiger partial charge in [-0.3, -0.25) is 0 Å². The third-order valence-corrected chi connectivity index (χ3v) is 2.53. The van der Waals surface area contributed by atoms with Gasteiger partial charge in [-0.05, 0) is 12.1 Å². The molecule has 0 spiro atoms. The SMILES string of the molecule is NC(CCl)=Nc1ccccc1SC(F)F. The van der Waals surface area contributed by atoms with Gasteiger partial charge in [-0.15, -0.1) is 11.6 Å². The minimum Gasteiger partial charge on any atom is -0.386 e. The maximum absolute atomic E-state index is 12.2. The van der Waals surface area contributed by atoms with E-state index >= 15 is 0 Å². The summed E-state index contributed by atoms with van der Waals surface area (Å²) in [5.41, 5.74) is 5.84. The van der Waals surface area contributed by atoms with Gasteiger partial charge >= 0.3 is 0 Å². The highest BCUT2D eigenvalue weighted by molar-refractivity contribution is 7.99. The molecule has 0 amide bonds. The van der Waals surface area contributed by atoms with Crippen LogP contribution >= 0.6 is 23.4 Å². The number of thioether (sulfide) groups is 1. The fourth-order valence-corrected chi connectivity index (χ4v) is 1.57. The third kappa shape index (κ3) is 4.05. The Hall–Kier alpha value is -0.810. The molecule has 2 nitrogen and oxygen atoms in total. The van der Waals surface area contributed by atoms with E-state index in [1.54, 1.807) is 24.3 Å². The summed E-state index contributed by atoms with van der Waals surface area (Å²) in [4.78, 5) is 4.33. The third-order valence-electron chi connectivity index (χ3n) is 1.48. The van der Waals surface area contributed by atoms with Crippen molar-refractivity contribution in [2.24, 2.45) is 10.7 Å². The molecule has 15 heavy (non-hydrogen) atoms. The topological polar surface area (TPSA) is 38.4 Å². The summed E-state index contributed by atoms with van der Waals surface area (Å²) in [6.45, 7) is 0. The zero-order valence-electron chi connectivity index (χ0n) is 7.66. The van der Waals surface area contributed by atoms with Gasteiger partial charge in [-0.25, -0.2) is 4.99 Å². The summed E-state index contributed by atoms with van der Waals surface area (Å²) in [7, 11) is 0. The van der Waals surface area contributed by atoms with E-state index in [1.165, 1.54) is 0 Å². The molecule has 0 fully saturated rings. The lowest BCUT2D eigenvalue weighted by atomic mass is 10.3. The van der Waals surface area contributed by atoms with Crippen molar-refractivity contribution in [2.45, 2.75) is 10.7 Å². The molecular formula is C9H9ClF2N2S. The van der Waals surface area contributed by atoms with Crippen molar-refractivity contribution in [2.75, 3.05) is 5.88 Å². The smallest absolute Gasteiger partial charge is 0.288 e. The lowest BCUT2D eigenvalue weighted by molar-refractivity contribution is 0.252. The second kappa shape index (κ2) is 5.92. The highest BCUT2D eigenvalue weighted by atomic mass is 35.5. The number of alkyl halides is 3. The fraction of sp³-hybridized carbons (Fsp3) is 0.222. The van der Waals surface area contributed by atoms with E-state index in [0.29, 0.717) is 22.3 Å². The van der Waals surface area contributed by atoms with E-state index in [9.17, 15) is 8.78 Å². The number of nitrogens with zero attached hydrogens (tertiary/aromatic N) is 1. The number of hydrogen-bond donors (Lipinski definition) is 1. The van der Waals surface area contributed by atoms with Crippen molar-refractivity contribution in [3.8, 4) is 0 Å². The number of amidine groups is 1. The first-order chi connectivity index (χ1) is 7.13. The molecule has 2 N–H and O–H groups in total. The second-order valence-electron chi connectivity index (χ2n) is 2.58. The summed E-state index contributed by atoms with van der Waals surface area (Å²) < 4.78 is 24.4. The molecule has 0 saturated carbocycles. The van der Waals surface area contributed by atoms with Gasteiger partial charge < -0.3 is 5.73 Å². The molecule has 1 aromatic rings. The average molecular weight is 251 g/mol. The lowest BCUT2D eigenvalue weighted by Crippen LogP contribution is -2.12. The molecule has 1 aromatic carbocycles. The first kappa shape index (κ1) is 12.3. The number of benzene rings is 1. The summed E-state index contributed by atoms with van der Waals surface area (Å²) >= 11 is 5.89. The van der Waals surface area contributed by atoms with E-state index in [1.807, 2.05) is 0 Å². The van der Waals surface area contributed by atoms with Crippen molar-refractivity contribution in [1.29, 1.82) is 0 Å². The minimum absolute atomic E-state index is 0.0771. The number of hydrogen-bond acceptors (Lipinski definition) is 2. The molecule has 0 aromatic heterocycles. The average Bonchev–Trinajstić information content (AvgIpc) is 2.20. The van der Waals surface area contributed by atoms with Crippen molar-refractivity contribution in [3.05, 3.63) is 24.3 Å². The fourth-order valence-electron chi connectivity index (χ4n) is 0.930. The maximum atomic E-state index is 12.2. The van der Waals surface area contributed by atoms with Gasteiger partial charge in [0.05, 0.1) is 11.6 Å². The molecular weight excluding hydrogens is 242 g/mol. The van der Waals surface area contributed by atoms with Crippen molar-refractivity contribution < 1.29 is 8.78 Å². The van der Waals surface area contributed by atoms with Crippen LogP contribution < -0.4 is 5.73 Å². The standard InChI is InChI=1S/C9H9ClF2N2S/c10-5-8(13)14-6-3-1-2-4-7(6)15-9(11)12/h1-4,9H,5H2,(H2,13,14). The van der Waals surface area contributed by atoms with Gasteiger partial charge in [0.15, 0.2) is 0 Å². The molecule has 0 bridgehead atoms. The van der Waals surface area contributed by atoms with Crippen LogP contribution in [0.4, 0.5) is 14.5 Å². The molecule has 0 radical (unpaired) electrons. The number of rotatable bonds is 4. The Morgan fingerprint density at radius 1 is 1.47 bits per heavy atom. The molecule has 0 atom stereocenters. The first-order valence-electron chi connectivity index (χ1n) is 4.06. The Morgan fingerprint density at radius 2 is 2.13 bits per heavy atom. The van der Waals surface area contributed by atoms with Gasteiger partial charge in [0.25, 0.3) is 5.76 Å². The van der Waals surface area contributed by atoms with E-state index in [-0.39, 0.29) is 11.7 Å². The summed E-state index contributed by atoms with van der Waals surface area (Å²) in [6.07, 6.45) is 0. The lowest BCUT2D eigenvalue weighted by Gasteiger charge is -2.04. The van der Waals surface area contributed by atoms with Crippen LogP contribution in [-0.2, 0) is 0 Å². The van der Waals surface area contributed by atoms with Gasteiger partial charge in [0.2, 0.25) is 0 Å².